The maximum atomic E-state index is 11.8. The van der Waals surface area contributed by atoms with Gasteiger partial charge < -0.3 is 10.6 Å². The first-order chi connectivity index (χ1) is 8.15. The fourth-order valence-electron chi connectivity index (χ4n) is 1.47. The van der Waals surface area contributed by atoms with Crippen molar-refractivity contribution >= 4 is 34.2 Å². The summed E-state index contributed by atoms with van der Waals surface area (Å²) in [5.74, 6) is -0.0322. The number of aryl methyl sites for hydroxylation is 1. The van der Waals surface area contributed by atoms with E-state index in [0.29, 0.717) is 12.1 Å². The number of hydrogen-bond donors (Lipinski definition) is 2. The van der Waals surface area contributed by atoms with Crippen molar-refractivity contribution in [1.82, 2.24) is 10.6 Å². The first-order valence-electron chi connectivity index (χ1n) is 5.90. The highest BCUT2D eigenvalue weighted by molar-refractivity contribution is 9.10. The predicted molar refractivity (Wildman–Crippen MR) is 81.6 cm³/mol. The van der Waals surface area contributed by atoms with Gasteiger partial charge in [0.25, 0.3) is 5.91 Å². The summed E-state index contributed by atoms with van der Waals surface area (Å²) < 4.78 is 0.844. The van der Waals surface area contributed by atoms with Crippen molar-refractivity contribution < 1.29 is 4.79 Å². The van der Waals surface area contributed by atoms with Gasteiger partial charge in [0, 0.05) is 17.6 Å². The van der Waals surface area contributed by atoms with Crippen LogP contribution in [0.3, 0.4) is 0 Å². The number of benzene rings is 1. The summed E-state index contributed by atoms with van der Waals surface area (Å²) in [5, 5.41) is 6.13. The Morgan fingerprint density at radius 3 is 2.61 bits per heavy atom. The van der Waals surface area contributed by atoms with Gasteiger partial charge in [0.2, 0.25) is 0 Å². The van der Waals surface area contributed by atoms with Crippen molar-refractivity contribution in [2.24, 2.45) is 0 Å². The second-order valence-corrected chi connectivity index (χ2v) is 4.84. The molecular weight excluding hydrogens is 316 g/mol. The molecule has 0 aromatic heterocycles. The Balaban J connectivity index is 0.00000289. The van der Waals surface area contributed by atoms with Gasteiger partial charge in [-0.15, -0.1) is 12.4 Å². The van der Waals surface area contributed by atoms with Crippen LogP contribution in [-0.4, -0.2) is 25.5 Å². The zero-order valence-corrected chi connectivity index (χ0v) is 13.2. The Hall–Kier alpha value is -0.580. The van der Waals surface area contributed by atoms with Gasteiger partial charge in [-0.1, -0.05) is 13.0 Å². The fourth-order valence-corrected chi connectivity index (χ4v) is 2.14. The van der Waals surface area contributed by atoms with Crippen LogP contribution in [0.25, 0.3) is 0 Å². The van der Waals surface area contributed by atoms with Crippen LogP contribution in [0.2, 0.25) is 0 Å². The smallest absolute Gasteiger partial charge is 0.252 e. The first kappa shape index (κ1) is 17.4. The summed E-state index contributed by atoms with van der Waals surface area (Å²) in [4.78, 5) is 11.8. The van der Waals surface area contributed by atoms with E-state index in [0.717, 1.165) is 29.5 Å². The minimum Gasteiger partial charge on any atom is -0.351 e. The van der Waals surface area contributed by atoms with Gasteiger partial charge in [0.05, 0.1) is 5.56 Å². The van der Waals surface area contributed by atoms with Gasteiger partial charge in [0.1, 0.15) is 0 Å². The van der Waals surface area contributed by atoms with Gasteiger partial charge >= 0.3 is 0 Å². The van der Waals surface area contributed by atoms with Crippen LogP contribution < -0.4 is 10.6 Å². The predicted octanol–water partition coefficient (Wildman–Crippen LogP) is 2.91. The number of halogens is 2. The number of nitrogens with one attached hydrogen (secondary N) is 2. The third kappa shape index (κ3) is 5.85. The molecule has 0 aliphatic carbocycles. The zero-order valence-electron chi connectivity index (χ0n) is 10.8. The summed E-state index contributed by atoms with van der Waals surface area (Å²) in [7, 11) is 0. The lowest BCUT2D eigenvalue weighted by Gasteiger charge is -2.08. The highest BCUT2D eigenvalue weighted by atomic mass is 79.9. The maximum Gasteiger partial charge on any atom is 0.252 e. The Morgan fingerprint density at radius 2 is 2.00 bits per heavy atom. The van der Waals surface area contributed by atoms with Gasteiger partial charge in [-0.3, -0.25) is 4.79 Å². The largest absolute Gasteiger partial charge is 0.351 e. The molecule has 0 spiro atoms. The van der Waals surface area contributed by atoms with Gasteiger partial charge in [-0.25, -0.2) is 0 Å². The van der Waals surface area contributed by atoms with E-state index in [9.17, 15) is 4.79 Å². The molecule has 1 rings (SSSR count). The standard InChI is InChI=1S/C13H19BrN2O.ClH/c1-3-6-15-7-8-16-13(17)11-5-4-10(2)9-12(11)14;/h4-5,9,15H,3,6-8H2,1-2H3,(H,16,17);1H. The van der Waals surface area contributed by atoms with E-state index >= 15 is 0 Å². The van der Waals surface area contributed by atoms with Crippen LogP contribution in [0.1, 0.15) is 29.3 Å². The molecule has 0 saturated heterocycles. The molecule has 1 aromatic rings. The van der Waals surface area contributed by atoms with Crippen molar-refractivity contribution in [1.29, 1.82) is 0 Å². The molecule has 1 aromatic carbocycles. The lowest BCUT2D eigenvalue weighted by atomic mass is 10.1. The van der Waals surface area contributed by atoms with E-state index in [1.54, 1.807) is 0 Å². The summed E-state index contributed by atoms with van der Waals surface area (Å²) >= 11 is 3.41. The van der Waals surface area contributed by atoms with Crippen LogP contribution in [0, 0.1) is 6.92 Å². The molecule has 0 bridgehead atoms. The lowest BCUT2D eigenvalue weighted by Crippen LogP contribution is -2.32. The number of carbonyl (C=O) groups excluding carboxylic acids is 1. The van der Waals surface area contributed by atoms with E-state index in [2.05, 4.69) is 33.5 Å². The molecule has 0 aliphatic heterocycles. The topological polar surface area (TPSA) is 41.1 Å². The third-order valence-corrected chi connectivity index (χ3v) is 3.04. The Bertz CT molecular complexity index is 385. The SMILES string of the molecule is CCCNCCNC(=O)c1ccc(C)cc1Br.Cl. The van der Waals surface area contributed by atoms with Crippen LogP contribution in [0.15, 0.2) is 22.7 Å². The molecule has 0 fully saturated rings. The summed E-state index contributed by atoms with van der Waals surface area (Å²) in [6.07, 6.45) is 1.11. The first-order valence-corrected chi connectivity index (χ1v) is 6.69. The van der Waals surface area contributed by atoms with Gasteiger partial charge in [0.15, 0.2) is 0 Å². The maximum absolute atomic E-state index is 11.8. The van der Waals surface area contributed by atoms with Crippen molar-refractivity contribution in [2.45, 2.75) is 20.3 Å². The quantitative estimate of drug-likeness (QED) is 0.785. The van der Waals surface area contributed by atoms with E-state index in [1.807, 2.05) is 25.1 Å². The molecule has 18 heavy (non-hydrogen) atoms. The highest BCUT2D eigenvalue weighted by Crippen LogP contribution is 2.17. The van der Waals surface area contributed by atoms with Crippen molar-refractivity contribution in [3.8, 4) is 0 Å². The van der Waals surface area contributed by atoms with E-state index in [4.69, 9.17) is 0 Å². The molecule has 3 nitrogen and oxygen atoms in total. The van der Waals surface area contributed by atoms with E-state index in [1.165, 1.54) is 0 Å². The minimum absolute atomic E-state index is 0. The number of amides is 1. The third-order valence-electron chi connectivity index (χ3n) is 2.38. The van der Waals surface area contributed by atoms with E-state index < -0.39 is 0 Å². The lowest BCUT2D eigenvalue weighted by molar-refractivity contribution is 0.0953. The van der Waals surface area contributed by atoms with Crippen molar-refractivity contribution in [3.63, 3.8) is 0 Å². The van der Waals surface area contributed by atoms with Gasteiger partial charge in [-0.05, 0) is 53.5 Å². The molecular formula is C13H20BrClN2O. The molecule has 1 amide bonds. The van der Waals surface area contributed by atoms with E-state index in [-0.39, 0.29) is 18.3 Å². The molecule has 0 aliphatic rings. The summed E-state index contributed by atoms with van der Waals surface area (Å²) in [5.41, 5.74) is 1.82. The van der Waals surface area contributed by atoms with Crippen LogP contribution in [0.5, 0.6) is 0 Å². The Morgan fingerprint density at radius 1 is 1.28 bits per heavy atom. The summed E-state index contributed by atoms with van der Waals surface area (Å²) in [6.45, 7) is 6.57. The van der Waals surface area contributed by atoms with Crippen molar-refractivity contribution in [2.75, 3.05) is 19.6 Å². The summed E-state index contributed by atoms with van der Waals surface area (Å²) in [6, 6.07) is 5.73. The minimum atomic E-state index is -0.0322. The second kappa shape index (κ2) is 9.36. The van der Waals surface area contributed by atoms with Crippen LogP contribution >= 0.6 is 28.3 Å². The normalized spacial score (nSPS) is 9.72. The zero-order chi connectivity index (χ0) is 12.7. The molecule has 0 radical (unpaired) electrons. The van der Waals surface area contributed by atoms with Crippen LogP contribution in [0.4, 0.5) is 0 Å². The molecule has 0 unspecified atom stereocenters. The average molecular weight is 336 g/mol. The molecule has 5 heteroatoms. The van der Waals surface area contributed by atoms with Crippen molar-refractivity contribution in [3.05, 3.63) is 33.8 Å². The molecule has 102 valence electrons. The number of carbonyl (C=O) groups is 1. The molecule has 0 saturated carbocycles. The monoisotopic (exact) mass is 334 g/mol. The number of hydrogen-bond acceptors (Lipinski definition) is 2. The Kier molecular flexibility index (Phi) is 9.06. The molecule has 0 heterocycles. The number of rotatable bonds is 6. The molecule has 0 atom stereocenters. The fraction of sp³-hybridized carbons (Fsp3) is 0.462. The van der Waals surface area contributed by atoms with Gasteiger partial charge in [-0.2, -0.15) is 0 Å². The second-order valence-electron chi connectivity index (χ2n) is 3.99. The van der Waals surface area contributed by atoms with Crippen LogP contribution in [-0.2, 0) is 0 Å². The Labute approximate surface area is 123 Å². The average Bonchev–Trinajstić information content (AvgIpc) is 2.28. The highest BCUT2D eigenvalue weighted by Gasteiger charge is 2.08. The molecule has 2 N–H and O–H groups in total.